The maximum Gasteiger partial charge on any atom is 0.0106 e. The number of rotatable bonds is 4. The number of hydrogen-bond donors (Lipinski definition) is 1. The molecule has 1 heteroatoms. The summed E-state index contributed by atoms with van der Waals surface area (Å²) in [5.41, 5.74) is 5.26. The minimum atomic E-state index is 0.679. The molecule has 0 aliphatic carbocycles. The fourth-order valence-electron chi connectivity index (χ4n) is 0.644. The molecular formula is C8H17N. The van der Waals surface area contributed by atoms with E-state index in [1.165, 1.54) is 12.8 Å². The molecule has 0 atom stereocenters. The third-order valence-electron chi connectivity index (χ3n) is 1.21. The molecule has 0 heterocycles. The lowest BCUT2D eigenvalue weighted by Gasteiger charge is -1.97. The van der Waals surface area contributed by atoms with Gasteiger partial charge in [-0.2, -0.15) is 0 Å². The first kappa shape index (κ1) is 8.70. The highest BCUT2D eigenvalue weighted by molar-refractivity contribution is 4.82. The summed E-state index contributed by atoms with van der Waals surface area (Å²) in [7, 11) is 0. The highest BCUT2D eigenvalue weighted by Crippen LogP contribution is 2.02. The third-order valence-corrected chi connectivity index (χ3v) is 1.21. The maximum atomic E-state index is 5.26. The van der Waals surface area contributed by atoms with Crippen molar-refractivity contribution in [3.8, 4) is 0 Å². The van der Waals surface area contributed by atoms with Gasteiger partial charge in [-0.3, -0.25) is 0 Å². The molecule has 0 aliphatic rings. The van der Waals surface area contributed by atoms with Crippen molar-refractivity contribution >= 4 is 0 Å². The van der Waals surface area contributed by atoms with Gasteiger partial charge in [0.15, 0.2) is 0 Å². The molecule has 0 aromatic carbocycles. The van der Waals surface area contributed by atoms with Crippen molar-refractivity contribution in [2.45, 2.75) is 26.7 Å². The SMILES string of the molecule is CC(C)CC/C=C/CN. The van der Waals surface area contributed by atoms with Crippen LogP contribution in [0.1, 0.15) is 26.7 Å². The van der Waals surface area contributed by atoms with Crippen molar-refractivity contribution in [2.24, 2.45) is 11.7 Å². The molecule has 0 bridgehead atoms. The molecule has 0 spiro atoms. The Morgan fingerprint density at radius 3 is 2.44 bits per heavy atom. The molecule has 0 unspecified atom stereocenters. The summed E-state index contributed by atoms with van der Waals surface area (Å²) in [6, 6.07) is 0. The van der Waals surface area contributed by atoms with Gasteiger partial charge in [-0.15, -0.1) is 0 Å². The van der Waals surface area contributed by atoms with Gasteiger partial charge in [0.1, 0.15) is 0 Å². The Bertz CT molecular complexity index is 74.6. The van der Waals surface area contributed by atoms with E-state index in [1.807, 2.05) is 6.08 Å². The van der Waals surface area contributed by atoms with Gasteiger partial charge in [0.25, 0.3) is 0 Å². The van der Waals surface area contributed by atoms with Crippen LogP contribution in [0.2, 0.25) is 0 Å². The van der Waals surface area contributed by atoms with Crippen LogP contribution in [-0.4, -0.2) is 6.54 Å². The minimum absolute atomic E-state index is 0.679. The average molecular weight is 127 g/mol. The Balaban J connectivity index is 2.99. The van der Waals surface area contributed by atoms with Crippen molar-refractivity contribution in [3.63, 3.8) is 0 Å². The Kier molecular flexibility index (Phi) is 5.64. The van der Waals surface area contributed by atoms with E-state index in [1.54, 1.807) is 0 Å². The Morgan fingerprint density at radius 2 is 2.00 bits per heavy atom. The Labute approximate surface area is 57.9 Å². The zero-order valence-electron chi connectivity index (χ0n) is 6.43. The summed E-state index contributed by atoms with van der Waals surface area (Å²) in [6.45, 7) is 5.14. The number of hydrogen-bond acceptors (Lipinski definition) is 1. The summed E-state index contributed by atoms with van der Waals surface area (Å²) >= 11 is 0. The lowest BCUT2D eigenvalue weighted by atomic mass is 10.1. The molecule has 0 radical (unpaired) electrons. The highest BCUT2D eigenvalue weighted by Gasteiger charge is 1.88. The summed E-state index contributed by atoms with van der Waals surface area (Å²) in [6.07, 6.45) is 6.62. The van der Waals surface area contributed by atoms with Crippen LogP contribution in [-0.2, 0) is 0 Å². The average Bonchev–Trinajstić information content (AvgIpc) is 1.80. The molecule has 0 aromatic heterocycles. The van der Waals surface area contributed by atoms with Crippen LogP contribution >= 0.6 is 0 Å². The highest BCUT2D eigenvalue weighted by atomic mass is 14.5. The smallest absolute Gasteiger partial charge is 0.0106 e. The van der Waals surface area contributed by atoms with E-state index < -0.39 is 0 Å². The summed E-state index contributed by atoms with van der Waals surface area (Å²) in [5.74, 6) is 0.812. The van der Waals surface area contributed by atoms with Crippen molar-refractivity contribution in [1.29, 1.82) is 0 Å². The first-order valence-corrected chi connectivity index (χ1v) is 3.62. The van der Waals surface area contributed by atoms with Crippen molar-refractivity contribution in [3.05, 3.63) is 12.2 Å². The van der Waals surface area contributed by atoms with Crippen LogP contribution in [0.15, 0.2) is 12.2 Å². The standard InChI is InChI=1S/C8H17N/c1-8(2)6-4-3-5-7-9/h3,5,8H,4,6-7,9H2,1-2H3/b5-3+. The molecule has 0 saturated heterocycles. The minimum Gasteiger partial charge on any atom is -0.327 e. The summed E-state index contributed by atoms with van der Waals surface area (Å²) < 4.78 is 0. The van der Waals surface area contributed by atoms with Crippen molar-refractivity contribution < 1.29 is 0 Å². The monoisotopic (exact) mass is 127 g/mol. The van der Waals surface area contributed by atoms with Crippen LogP contribution in [0.25, 0.3) is 0 Å². The fraction of sp³-hybridized carbons (Fsp3) is 0.750. The molecular weight excluding hydrogens is 110 g/mol. The Morgan fingerprint density at radius 1 is 1.33 bits per heavy atom. The normalized spacial score (nSPS) is 11.6. The molecule has 54 valence electrons. The second-order valence-electron chi connectivity index (χ2n) is 2.68. The molecule has 0 saturated carbocycles. The van der Waals surface area contributed by atoms with E-state index in [2.05, 4.69) is 19.9 Å². The molecule has 9 heavy (non-hydrogen) atoms. The third kappa shape index (κ3) is 7.70. The van der Waals surface area contributed by atoms with E-state index in [4.69, 9.17) is 5.73 Å². The topological polar surface area (TPSA) is 26.0 Å². The first-order valence-electron chi connectivity index (χ1n) is 3.62. The summed E-state index contributed by atoms with van der Waals surface area (Å²) in [5, 5.41) is 0. The van der Waals surface area contributed by atoms with Gasteiger partial charge in [-0.1, -0.05) is 26.0 Å². The van der Waals surface area contributed by atoms with Gasteiger partial charge in [-0.05, 0) is 18.8 Å². The van der Waals surface area contributed by atoms with Crippen molar-refractivity contribution in [1.82, 2.24) is 0 Å². The van der Waals surface area contributed by atoms with Crippen molar-refractivity contribution in [2.75, 3.05) is 6.54 Å². The predicted molar refractivity (Wildman–Crippen MR) is 42.3 cm³/mol. The van der Waals surface area contributed by atoms with E-state index >= 15 is 0 Å². The van der Waals surface area contributed by atoms with Gasteiger partial charge in [0.2, 0.25) is 0 Å². The molecule has 0 fully saturated rings. The molecule has 2 N–H and O–H groups in total. The second-order valence-corrected chi connectivity index (χ2v) is 2.68. The van der Waals surface area contributed by atoms with Gasteiger partial charge >= 0.3 is 0 Å². The van der Waals surface area contributed by atoms with E-state index in [0.29, 0.717) is 6.54 Å². The van der Waals surface area contributed by atoms with Gasteiger partial charge in [0.05, 0.1) is 0 Å². The van der Waals surface area contributed by atoms with E-state index in [0.717, 1.165) is 5.92 Å². The molecule has 0 rings (SSSR count). The Hall–Kier alpha value is -0.300. The molecule has 0 aliphatic heterocycles. The van der Waals surface area contributed by atoms with Crippen LogP contribution in [0.3, 0.4) is 0 Å². The first-order chi connectivity index (χ1) is 4.27. The summed E-state index contributed by atoms with van der Waals surface area (Å²) in [4.78, 5) is 0. The largest absolute Gasteiger partial charge is 0.327 e. The maximum absolute atomic E-state index is 5.26. The van der Waals surface area contributed by atoms with Crippen LogP contribution < -0.4 is 5.73 Å². The zero-order valence-corrected chi connectivity index (χ0v) is 6.43. The quantitative estimate of drug-likeness (QED) is 0.574. The molecule has 0 aromatic rings. The zero-order chi connectivity index (χ0) is 7.11. The predicted octanol–water partition coefficient (Wildman–Crippen LogP) is 1.94. The van der Waals surface area contributed by atoms with E-state index in [9.17, 15) is 0 Å². The van der Waals surface area contributed by atoms with Crippen LogP contribution in [0.4, 0.5) is 0 Å². The number of allylic oxidation sites excluding steroid dienone is 1. The van der Waals surface area contributed by atoms with Gasteiger partial charge < -0.3 is 5.73 Å². The van der Waals surface area contributed by atoms with E-state index in [-0.39, 0.29) is 0 Å². The molecule has 1 nitrogen and oxygen atoms in total. The lowest BCUT2D eigenvalue weighted by Crippen LogP contribution is -1.92. The van der Waals surface area contributed by atoms with Crippen LogP contribution in [0.5, 0.6) is 0 Å². The van der Waals surface area contributed by atoms with Gasteiger partial charge in [0, 0.05) is 6.54 Å². The molecule has 0 amide bonds. The van der Waals surface area contributed by atoms with Crippen LogP contribution in [0, 0.1) is 5.92 Å². The lowest BCUT2D eigenvalue weighted by molar-refractivity contribution is 0.594. The second kappa shape index (κ2) is 5.83. The van der Waals surface area contributed by atoms with Gasteiger partial charge in [-0.25, -0.2) is 0 Å². The fourth-order valence-corrected chi connectivity index (χ4v) is 0.644. The number of nitrogens with two attached hydrogens (primary N) is 1.